The van der Waals surface area contributed by atoms with Gasteiger partial charge >= 0.3 is 6.18 Å². The van der Waals surface area contributed by atoms with Crippen LogP contribution >= 0.6 is 0 Å². The molecule has 2 N–H and O–H groups in total. The maximum absolute atomic E-state index is 13.1. The summed E-state index contributed by atoms with van der Waals surface area (Å²) in [5.41, 5.74) is 0.224. The molecule has 0 aromatic heterocycles. The van der Waals surface area contributed by atoms with Gasteiger partial charge in [0.25, 0.3) is 0 Å². The minimum absolute atomic E-state index is 0.158. The van der Waals surface area contributed by atoms with Crippen LogP contribution in [-0.2, 0) is 9.52 Å². The summed E-state index contributed by atoms with van der Waals surface area (Å²) in [5.74, 6) is 3.83. The molecule has 0 aromatic carbocycles. The predicted molar refractivity (Wildman–Crippen MR) is 108 cm³/mol. The molecule has 3 nitrogen and oxygen atoms in total. The van der Waals surface area contributed by atoms with Gasteiger partial charge in [-0.2, -0.15) is 13.2 Å². The SMILES string of the molecule is C=C(CNC1CC(S(=C)(=O)C2=CC(C(F)(F)F)=CCC2)C1)NC(C)CCC. The van der Waals surface area contributed by atoms with Crippen LogP contribution < -0.4 is 10.6 Å². The quantitative estimate of drug-likeness (QED) is 0.564. The van der Waals surface area contributed by atoms with Crippen molar-refractivity contribution in [3.05, 3.63) is 34.9 Å². The van der Waals surface area contributed by atoms with Crippen molar-refractivity contribution in [3.8, 4) is 0 Å². The normalized spacial score (nSPS) is 26.3. The molecular weight excluding hydrogens is 373 g/mol. The first kappa shape index (κ1) is 22.1. The summed E-state index contributed by atoms with van der Waals surface area (Å²) in [6, 6.07) is 0.588. The molecule has 154 valence electrons. The first-order valence-corrected chi connectivity index (χ1v) is 11.3. The Morgan fingerprint density at radius 1 is 1.41 bits per heavy atom. The molecule has 2 rings (SSSR count). The molecule has 1 fully saturated rings. The maximum atomic E-state index is 13.1. The van der Waals surface area contributed by atoms with E-state index in [1.54, 1.807) is 0 Å². The van der Waals surface area contributed by atoms with E-state index in [1.165, 1.54) is 6.08 Å². The number of hydrogen-bond donors (Lipinski definition) is 2. The summed E-state index contributed by atoms with van der Waals surface area (Å²) in [6.07, 6.45) is 2.02. The van der Waals surface area contributed by atoms with E-state index in [1.807, 2.05) is 0 Å². The third kappa shape index (κ3) is 5.88. The van der Waals surface area contributed by atoms with Crippen LogP contribution in [0.2, 0.25) is 0 Å². The van der Waals surface area contributed by atoms with Gasteiger partial charge in [-0.3, -0.25) is 4.21 Å². The van der Waals surface area contributed by atoms with Gasteiger partial charge in [0.05, 0.1) is 5.57 Å². The fraction of sp³-hybridized carbons (Fsp3) is 0.650. The van der Waals surface area contributed by atoms with Crippen LogP contribution in [0.1, 0.15) is 52.4 Å². The van der Waals surface area contributed by atoms with Crippen LogP contribution in [0.5, 0.6) is 0 Å². The zero-order valence-electron chi connectivity index (χ0n) is 16.2. The van der Waals surface area contributed by atoms with Crippen LogP contribution in [0.15, 0.2) is 34.9 Å². The third-order valence-electron chi connectivity index (χ3n) is 5.25. The molecule has 0 aliphatic heterocycles. The Kier molecular flexibility index (Phi) is 7.25. The third-order valence-corrected chi connectivity index (χ3v) is 7.92. The standard InChI is InChI=1S/C20H31F3N2OS/c1-5-7-14(2)25-15(3)13-24-17-11-19(12-17)27(4,26)18-9-6-8-16(10-18)20(21,22)23/h8,10,14,17,19,24-25H,3-7,9,11-13H2,1-2H3. The van der Waals surface area contributed by atoms with Crippen molar-refractivity contribution in [3.63, 3.8) is 0 Å². The minimum Gasteiger partial charge on any atom is -0.385 e. The Labute approximate surface area is 161 Å². The highest BCUT2D eigenvalue weighted by Gasteiger charge is 2.39. The Hall–Kier alpha value is -1.21. The van der Waals surface area contributed by atoms with Crippen LogP contribution in [0.3, 0.4) is 0 Å². The molecule has 0 saturated heterocycles. The molecule has 0 spiro atoms. The second kappa shape index (κ2) is 8.86. The van der Waals surface area contributed by atoms with Gasteiger partial charge in [0, 0.05) is 34.5 Å². The van der Waals surface area contributed by atoms with Gasteiger partial charge in [-0.1, -0.05) is 26.0 Å². The lowest BCUT2D eigenvalue weighted by Crippen LogP contribution is -2.49. The van der Waals surface area contributed by atoms with E-state index in [9.17, 15) is 17.4 Å². The lowest BCUT2D eigenvalue weighted by Gasteiger charge is -2.39. The van der Waals surface area contributed by atoms with Gasteiger partial charge in [0.15, 0.2) is 0 Å². The summed E-state index contributed by atoms with van der Waals surface area (Å²) in [5, 5.41) is 6.57. The lowest BCUT2D eigenvalue weighted by atomic mass is 9.92. The zero-order valence-corrected chi connectivity index (χ0v) is 17.0. The summed E-state index contributed by atoms with van der Waals surface area (Å²) >= 11 is 0. The predicted octanol–water partition coefficient (Wildman–Crippen LogP) is 4.28. The number of allylic oxidation sites excluding steroid dienone is 4. The number of rotatable bonds is 9. The van der Waals surface area contributed by atoms with Crippen molar-refractivity contribution < 1.29 is 17.4 Å². The van der Waals surface area contributed by atoms with E-state index in [0.717, 1.165) is 24.6 Å². The summed E-state index contributed by atoms with van der Waals surface area (Å²) in [6.45, 7) is 8.90. The Bertz CT molecular complexity index is 701. The highest BCUT2D eigenvalue weighted by Crippen LogP contribution is 2.38. The molecule has 2 aliphatic carbocycles. The van der Waals surface area contributed by atoms with Crippen molar-refractivity contribution >= 4 is 15.4 Å². The molecule has 0 radical (unpaired) electrons. The smallest absolute Gasteiger partial charge is 0.385 e. The van der Waals surface area contributed by atoms with Gasteiger partial charge in [-0.25, -0.2) is 0 Å². The molecule has 7 heteroatoms. The highest BCUT2D eigenvalue weighted by molar-refractivity contribution is 8.04. The number of hydrogen-bond acceptors (Lipinski definition) is 3. The second-order valence-corrected chi connectivity index (χ2v) is 10.3. The van der Waals surface area contributed by atoms with Crippen LogP contribution in [0.4, 0.5) is 13.2 Å². The van der Waals surface area contributed by atoms with Crippen molar-refractivity contribution in [2.45, 2.75) is 75.9 Å². The Balaban J connectivity index is 1.84. The monoisotopic (exact) mass is 404 g/mol. The van der Waals surface area contributed by atoms with Crippen LogP contribution in [0.25, 0.3) is 0 Å². The molecule has 2 atom stereocenters. The van der Waals surface area contributed by atoms with E-state index in [2.05, 4.69) is 36.9 Å². The zero-order chi connectivity index (χ0) is 20.2. The highest BCUT2D eigenvalue weighted by atomic mass is 32.2. The summed E-state index contributed by atoms with van der Waals surface area (Å²) < 4.78 is 51.8. The van der Waals surface area contributed by atoms with Crippen molar-refractivity contribution in [2.75, 3.05) is 6.54 Å². The molecule has 2 unspecified atom stereocenters. The van der Waals surface area contributed by atoms with E-state index in [0.29, 0.717) is 36.8 Å². The minimum atomic E-state index is -4.40. The first-order chi connectivity index (χ1) is 12.5. The van der Waals surface area contributed by atoms with Gasteiger partial charge in [0.2, 0.25) is 0 Å². The number of halogens is 3. The van der Waals surface area contributed by atoms with Crippen LogP contribution in [0, 0.1) is 0 Å². The second-order valence-electron chi connectivity index (χ2n) is 7.64. The summed E-state index contributed by atoms with van der Waals surface area (Å²) in [4.78, 5) is 0.361. The van der Waals surface area contributed by atoms with E-state index < -0.39 is 21.3 Å². The largest absolute Gasteiger partial charge is 0.416 e. The molecule has 0 amide bonds. The Morgan fingerprint density at radius 3 is 2.67 bits per heavy atom. The summed E-state index contributed by atoms with van der Waals surface area (Å²) in [7, 11) is -2.67. The molecular formula is C20H31F3N2OS. The Morgan fingerprint density at radius 2 is 2.07 bits per heavy atom. The maximum Gasteiger partial charge on any atom is 0.416 e. The van der Waals surface area contributed by atoms with Gasteiger partial charge in [0.1, 0.15) is 0 Å². The van der Waals surface area contributed by atoms with E-state index in [-0.39, 0.29) is 17.7 Å². The van der Waals surface area contributed by atoms with Crippen molar-refractivity contribution in [1.29, 1.82) is 0 Å². The fourth-order valence-electron chi connectivity index (χ4n) is 3.57. The molecule has 2 aliphatic rings. The molecule has 0 heterocycles. The first-order valence-electron chi connectivity index (χ1n) is 9.55. The van der Waals surface area contributed by atoms with Crippen molar-refractivity contribution in [1.82, 2.24) is 10.6 Å². The van der Waals surface area contributed by atoms with Gasteiger partial charge in [-0.05, 0) is 60.5 Å². The molecule has 0 aromatic rings. The molecule has 0 bridgehead atoms. The van der Waals surface area contributed by atoms with E-state index >= 15 is 0 Å². The van der Waals surface area contributed by atoms with Gasteiger partial charge in [-0.15, -0.1) is 0 Å². The van der Waals surface area contributed by atoms with Gasteiger partial charge < -0.3 is 10.6 Å². The fourth-order valence-corrected chi connectivity index (χ4v) is 5.88. The van der Waals surface area contributed by atoms with Crippen LogP contribution in [-0.4, -0.2) is 40.1 Å². The number of alkyl halides is 3. The average molecular weight is 405 g/mol. The van der Waals surface area contributed by atoms with E-state index in [4.69, 9.17) is 0 Å². The average Bonchev–Trinajstić information content (AvgIpc) is 2.52. The van der Waals surface area contributed by atoms with Crippen molar-refractivity contribution in [2.24, 2.45) is 0 Å². The molecule has 1 saturated carbocycles. The topological polar surface area (TPSA) is 41.1 Å². The molecule has 27 heavy (non-hydrogen) atoms. The lowest BCUT2D eigenvalue weighted by molar-refractivity contribution is -0.0886. The number of nitrogens with one attached hydrogen (secondary N) is 2.